The Morgan fingerprint density at radius 1 is 1.00 bits per heavy atom. The molecule has 2 aromatic rings. The van der Waals surface area contributed by atoms with Gasteiger partial charge in [0.1, 0.15) is 5.75 Å². The molecular formula is C14H11NO3. The van der Waals surface area contributed by atoms with Gasteiger partial charge in [-0.2, -0.15) is 0 Å². The standard InChI is InChI=1S/C14H11NO3/c16-13-9-6-11(7-10-13)5-8-12-3-1-2-4-14(12)15(17)18/h1-10,16H/b8-5+. The van der Waals surface area contributed by atoms with Crippen molar-refractivity contribution >= 4 is 17.8 Å². The van der Waals surface area contributed by atoms with E-state index in [1.54, 1.807) is 54.6 Å². The molecule has 0 spiro atoms. The molecule has 90 valence electrons. The lowest BCUT2D eigenvalue weighted by molar-refractivity contribution is -0.385. The Labute approximate surface area is 104 Å². The SMILES string of the molecule is O=[N+]([O-])c1ccccc1/C=C/c1ccc(O)cc1. The summed E-state index contributed by atoms with van der Waals surface area (Å²) in [6, 6.07) is 13.2. The summed E-state index contributed by atoms with van der Waals surface area (Å²) in [5.74, 6) is 0.192. The molecule has 0 saturated heterocycles. The zero-order valence-electron chi connectivity index (χ0n) is 9.48. The van der Waals surface area contributed by atoms with Crippen LogP contribution in [0.5, 0.6) is 5.75 Å². The Hall–Kier alpha value is -2.62. The predicted octanol–water partition coefficient (Wildman–Crippen LogP) is 3.47. The molecule has 2 aromatic carbocycles. The maximum atomic E-state index is 10.8. The number of aromatic hydroxyl groups is 1. The summed E-state index contributed by atoms with van der Waals surface area (Å²) in [6.45, 7) is 0. The minimum absolute atomic E-state index is 0.0764. The van der Waals surface area contributed by atoms with Gasteiger partial charge in [0.2, 0.25) is 0 Å². The van der Waals surface area contributed by atoms with Crippen molar-refractivity contribution in [3.05, 3.63) is 69.8 Å². The van der Waals surface area contributed by atoms with E-state index in [9.17, 15) is 10.1 Å². The van der Waals surface area contributed by atoms with Crippen LogP contribution in [0, 0.1) is 10.1 Å². The van der Waals surface area contributed by atoms with Gasteiger partial charge in [0.05, 0.1) is 10.5 Å². The van der Waals surface area contributed by atoms with Crippen LogP contribution >= 0.6 is 0 Å². The summed E-state index contributed by atoms with van der Waals surface area (Å²) in [7, 11) is 0. The van der Waals surface area contributed by atoms with E-state index in [0.29, 0.717) is 5.56 Å². The number of phenolic OH excluding ortho intramolecular Hbond substituents is 1. The molecule has 0 bridgehead atoms. The van der Waals surface area contributed by atoms with Crippen molar-refractivity contribution in [2.75, 3.05) is 0 Å². The van der Waals surface area contributed by atoms with E-state index in [1.807, 2.05) is 0 Å². The van der Waals surface area contributed by atoms with E-state index in [2.05, 4.69) is 0 Å². The van der Waals surface area contributed by atoms with Crippen molar-refractivity contribution < 1.29 is 10.0 Å². The van der Waals surface area contributed by atoms with Crippen LogP contribution in [0.3, 0.4) is 0 Å². The molecule has 0 unspecified atom stereocenters. The number of phenols is 1. The molecule has 0 saturated carbocycles. The Morgan fingerprint density at radius 3 is 2.33 bits per heavy atom. The van der Waals surface area contributed by atoms with E-state index in [4.69, 9.17) is 5.11 Å². The topological polar surface area (TPSA) is 63.4 Å². The molecule has 0 radical (unpaired) electrons. The van der Waals surface area contributed by atoms with Crippen LogP contribution in [-0.2, 0) is 0 Å². The van der Waals surface area contributed by atoms with Gasteiger partial charge < -0.3 is 5.11 Å². The van der Waals surface area contributed by atoms with Gasteiger partial charge in [-0.3, -0.25) is 10.1 Å². The van der Waals surface area contributed by atoms with Gasteiger partial charge in [-0.05, 0) is 29.8 Å². The van der Waals surface area contributed by atoms with Gasteiger partial charge in [-0.15, -0.1) is 0 Å². The van der Waals surface area contributed by atoms with Crippen LogP contribution in [0.2, 0.25) is 0 Å². The highest BCUT2D eigenvalue weighted by Crippen LogP contribution is 2.20. The van der Waals surface area contributed by atoms with Crippen LogP contribution < -0.4 is 0 Å². The zero-order valence-corrected chi connectivity index (χ0v) is 9.48. The Kier molecular flexibility index (Phi) is 3.38. The first-order chi connectivity index (χ1) is 8.66. The maximum absolute atomic E-state index is 10.8. The molecule has 4 heteroatoms. The average molecular weight is 241 g/mol. The lowest BCUT2D eigenvalue weighted by Crippen LogP contribution is -1.90. The summed E-state index contributed by atoms with van der Waals surface area (Å²) in [6.07, 6.45) is 3.45. The minimum Gasteiger partial charge on any atom is -0.508 e. The molecule has 4 nitrogen and oxygen atoms in total. The van der Waals surface area contributed by atoms with Crippen molar-refractivity contribution in [1.82, 2.24) is 0 Å². The minimum atomic E-state index is -0.406. The highest BCUT2D eigenvalue weighted by atomic mass is 16.6. The Balaban J connectivity index is 2.29. The van der Waals surface area contributed by atoms with Crippen LogP contribution in [-0.4, -0.2) is 10.0 Å². The summed E-state index contributed by atoms with van der Waals surface area (Å²) < 4.78 is 0. The van der Waals surface area contributed by atoms with E-state index in [-0.39, 0.29) is 11.4 Å². The normalized spacial score (nSPS) is 10.7. The molecule has 1 N–H and O–H groups in total. The average Bonchev–Trinajstić information content (AvgIpc) is 2.38. The fourth-order valence-electron chi connectivity index (χ4n) is 1.57. The molecule has 0 aliphatic heterocycles. The number of nitro benzene ring substituents is 1. The fourth-order valence-corrected chi connectivity index (χ4v) is 1.57. The van der Waals surface area contributed by atoms with Crippen molar-refractivity contribution in [3.8, 4) is 5.75 Å². The zero-order chi connectivity index (χ0) is 13.0. The largest absolute Gasteiger partial charge is 0.508 e. The van der Waals surface area contributed by atoms with Crippen molar-refractivity contribution in [3.63, 3.8) is 0 Å². The van der Waals surface area contributed by atoms with Gasteiger partial charge in [-0.1, -0.05) is 30.3 Å². The second-order valence-corrected chi connectivity index (χ2v) is 3.74. The van der Waals surface area contributed by atoms with E-state index >= 15 is 0 Å². The molecule has 0 aromatic heterocycles. The van der Waals surface area contributed by atoms with Gasteiger partial charge in [0.15, 0.2) is 0 Å². The van der Waals surface area contributed by atoms with Gasteiger partial charge in [0.25, 0.3) is 5.69 Å². The maximum Gasteiger partial charge on any atom is 0.276 e. The molecule has 0 aliphatic carbocycles. The smallest absolute Gasteiger partial charge is 0.276 e. The highest BCUT2D eigenvalue weighted by Gasteiger charge is 2.08. The number of rotatable bonds is 3. The molecule has 18 heavy (non-hydrogen) atoms. The number of benzene rings is 2. The molecule has 0 atom stereocenters. The lowest BCUT2D eigenvalue weighted by Gasteiger charge is -1.97. The fraction of sp³-hybridized carbons (Fsp3) is 0. The van der Waals surface area contributed by atoms with E-state index < -0.39 is 4.92 Å². The van der Waals surface area contributed by atoms with Gasteiger partial charge >= 0.3 is 0 Å². The van der Waals surface area contributed by atoms with E-state index in [1.165, 1.54) is 6.07 Å². The molecule has 0 aliphatic rings. The van der Waals surface area contributed by atoms with Crippen molar-refractivity contribution in [1.29, 1.82) is 0 Å². The first-order valence-corrected chi connectivity index (χ1v) is 5.37. The molecular weight excluding hydrogens is 230 g/mol. The monoisotopic (exact) mass is 241 g/mol. The van der Waals surface area contributed by atoms with E-state index in [0.717, 1.165) is 5.56 Å². The third-order valence-electron chi connectivity index (χ3n) is 2.48. The lowest BCUT2D eigenvalue weighted by atomic mass is 10.1. The Bertz CT molecular complexity index is 588. The number of hydrogen-bond acceptors (Lipinski definition) is 3. The van der Waals surface area contributed by atoms with Gasteiger partial charge in [-0.25, -0.2) is 0 Å². The van der Waals surface area contributed by atoms with Crippen LogP contribution in [0.1, 0.15) is 11.1 Å². The predicted molar refractivity (Wildman–Crippen MR) is 70.1 cm³/mol. The highest BCUT2D eigenvalue weighted by molar-refractivity contribution is 5.74. The third kappa shape index (κ3) is 2.74. The summed E-state index contributed by atoms with van der Waals surface area (Å²) >= 11 is 0. The number of hydrogen-bond donors (Lipinski definition) is 1. The number of nitrogens with zero attached hydrogens (tertiary/aromatic N) is 1. The van der Waals surface area contributed by atoms with Crippen LogP contribution in [0.25, 0.3) is 12.2 Å². The van der Waals surface area contributed by atoms with Crippen molar-refractivity contribution in [2.45, 2.75) is 0 Å². The molecule has 2 rings (SSSR count). The third-order valence-corrected chi connectivity index (χ3v) is 2.48. The molecule has 0 amide bonds. The quantitative estimate of drug-likeness (QED) is 0.508. The second-order valence-electron chi connectivity index (χ2n) is 3.74. The summed E-state index contributed by atoms with van der Waals surface area (Å²) in [5, 5.41) is 20.0. The first kappa shape index (κ1) is 11.9. The van der Waals surface area contributed by atoms with Crippen molar-refractivity contribution in [2.24, 2.45) is 0 Å². The van der Waals surface area contributed by atoms with Crippen LogP contribution in [0.4, 0.5) is 5.69 Å². The Morgan fingerprint density at radius 2 is 1.67 bits per heavy atom. The summed E-state index contributed by atoms with van der Waals surface area (Å²) in [5.41, 5.74) is 1.49. The second kappa shape index (κ2) is 5.14. The first-order valence-electron chi connectivity index (χ1n) is 5.37. The number of nitro groups is 1. The molecule has 0 fully saturated rings. The van der Waals surface area contributed by atoms with Crippen LogP contribution in [0.15, 0.2) is 48.5 Å². The summed E-state index contributed by atoms with van der Waals surface area (Å²) in [4.78, 5) is 10.4. The van der Waals surface area contributed by atoms with Gasteiger partial charge in [0, 0.05) is 6.07 Å². The number of para-hydroxylation sites is 1. The molecule has 0 heterocycles.